The van der Waals surface area contributed by atoms with Crippen LogP contribution < -0.4 is 10.2 Å². The zero-order valence-corrected chi connectivity index (χ0v) is 15.7. The number of amides is 3. The fourth-order valence-corrected chi connectivity index (χ4v) is 3.67. The summed E-state index contributed by atoms with van der Waals surface area (Å²) in [4.78, 5) is 48.7. The summed E-state index contributed by atoms with van der Waals surface area (Å²) >= 11 is 1.25. The standard InChI is InChI=1S/C18H17N3O6S/c1-10-8-14(20-27-10)21-16(23)9-13(18(21)26)28-12-4-2-11(3-5-12)19-15(22)6-7-17(24)25/h2-5,8,13H,6-7,9H2,1H3,(H,19,22)(H,24,25). The lowest BCUT2D eigenvalue weighted by Crippen LogP contribution is -2.31. The van der Waals surface area contributed by atoms with Crippen molar-refractivity contribution in [1.82, 2.24) is 5.16 Å². The highest BCUT2D eigenvalue weighted by Gasteiger charge is 2.41. The summed E-state index contributed by atoms with van der Waals surface area (Å²) < 4.78 is 4.93. The van der Waals surface area contributed by atoms with Crippen molar-refractivity contribution in [2.75, 3.05) is 10.2 Å². The molecule has 146 valence electrons. The molecule has 1 unspecified atom stereocenters. The Morgan fingerprint density at radius 1 is 1.29 bits per heavy atom. The summed E-state index contributed by atoms with van der Waals surface area (Å²) in [6, 6.07) is 8.28. The van der Waals surface area contributed by atoms with Crippen LogP contribution in [0.1, 0.15) is 25.0 Å². The molecule has 0 spiro atoms. The summed E-state index contributed by atoms with van der Waals surface area (Å²) in [7, 11) is 0. The number of carboxylic acid groups (broad SMARTS) is 1. The van der Waals surface area contributed by atoms with E-state index in [2.05, 4.69) is 10.5 Å². The molecule has 10 heteroatoms. The first kappa shape index (κ1) is 19.6. The monoisotopic (exact) mass is 403 g/mol. The fourth-order valence-electron chi connectivity index (χ4n) is 2.62. The van der Waals surface area contributed by atoms with Gasteiger partial charge in [0, 0.05) is 29.5 Å². The van der Waals surface area contributed by atoms with E-state index in [9.17, 15) is 19.2 Å². The zero-order valence-electron chi connectivity index (χ0n) is 14.9. The predicted molar refractivity (Wildman–Crippen MR) is 99.9 cm³/mol. The van der Waals surface area contributed by atoms with Crippen molar-refractivity contribution >= 4 is 47.0 Å². The van der Waals surface area contributed by atoms with Crippen molar-refractivity contribution in [2.24, 2.45) is 0 Å². The third kappa shape index (κ3) is 4.58. The molecule has 1 atom stereocenters. The smallest absolute Gasteiger partial charge is 0.303 e. The van der Waals surface area contributed by atoms with Crippen molar-refractivity contribution < 1.29 is 28.8 Å². The van der Waals surface area contributed by atoms with Gasteiger partial charge in [0.2, 0.25) is 17.7 Å². The van der Waals surface area contributed by atoms with Gasteiger partial charge in [-0.25, -0.2) is 4.90 Å². The van der Waals surface area contributed by atoms with Gasteiger partial charge in [0.05, 0.1) is 11.7 Å². The number of aliphatic carboxylic acids is 1. The summed E-state index contributed by atoms with van der Waals surface area (Å²) in [5.74, 6) is -1.42. The fraction of sp³-hybridized carbons (Fsp3) is 0.278. The Morgan fingerprint density at radius 2 is 2.00 bits per heavy atom. The molecule has 2 aromatic rings. The van der Waals surface area contributed by atoms with Gasteiger partial charge in [-0.3, -0.25) is 19.2 Å². The number of anilines is 2. The van der Waals surface area contributed by atoms with Gasteiger partial charge in [-0.15, -0.1) is 11.8 Å². The summed E-state index contributed by atoms with van der Waals surface area (Å²) in [6.45, 7) is 1.68. The number of hydrogen-bond acceptors (Lipinski definition) is 7. The minimum absolute atomic E-state index is 0.0586. The van der Waals surface area contributed by atoms with Crippen LogP contribution in [0, 0.1) is 6.92 Å². The van der Waals surface area contributed by atoms with Crippen LogP contribution in [0.25, 0.3) is 0 Å². The number of imide groups is 1. The van der Waals surface area contributed by atoms with Gasteiger partial charge < -0.3 is 14.9 Å². The molecule has 0 saturated carbocycles. The molecule has 0 radical (unpaired) electrons. The Hall–Kier alpha value is -3.14. The van der Waals surface area contributed by atoms with Crippen LogP contribution in [0.5, 0.6) is 0 Å². The number of hydrogen-bond donors (Lipinski definition) is 2. The number of rotatable bonds is 7. The third-order valence-electron chi connectivity index (χ3n) is 3.93. The molecule has 1 aliphatic rings. The average Bonchev–Trinajstić information content (AvgIpc) is 3.17. The molecule has 0 aliphatic carbocycles. The quantitative estimate of drug-likeness (QED) is 0.673. The molecule has 1 aromatic heterocycles. The number of nitrogens with zero attached hydrogens (tertiary/aromatic N) is 2. The second kappa shape index (κ2) is 8.26. The highest BCUT2D eigenvalue weighted by atomic mass is 32.2. The van der Waals surface area contributed by atoms with Gasteiger partial charge in [0.15, 0.2) is 5.82 Å². The van der Waals surface area contributed by atoms with E-state index in [-0.39, 0.29) is 36.9 Å². The van der Waals surface area contributed by atoms with E-state index in [1.807, 2.05) is 0 Å². The van der Waals surface area contributed by atoms with Crippen LogP contribution in [0.15, 0.2) is 39.8 Å². The zero-order chi connectivity index (χ0) is 20.3. The first-order chi connectivity index (χ1) is 13.3. The highest BCUT2D eigenvalue weighted by Crippen LogP contribution is 2.34. The Bertz CT molecular complexity index is 924. The molecule has 3 amide bonds. The van der Waals surface area contributed by atoms with Crippen LogP contribution >= 0.6 is 11.8 Å². The summed E-state index contributed by atoms with van der Waals surface area (Å²) in [6.07, 6.45) is -0.288. The number of thioether (sulfide) groups is 1. The summed E-state index contributed by atoms with van der Waals surface area (Å²) in [5.41, 5.74) is 0.522. The van der Waals surface area contributed by atoms with Gasteiger partial charge in [-0.05, 0) is 31.2 Å². The van der Waals surface area contributed by atoms with Gasteiger partial charge in [-0.2, -0.15) is 0 Å². The Kier molecular flexibility index (Phi) is 5.78. The number of aromatic nitrogens is 1. The first-order valence-electron chi connectivity index (χ1n) is 8.42. The Morgan fingerprint density at radius 3 is 2.61 bits per heavy atom. The maximum atomic E-state index is 12.6. The molecule has 2 N–H and O–H groups in total. The number of carboxylic acids is 1. The molecule has 1 saturated heterocycles. The van der Waals surface area contributed by atoms with Crippen LogP contribution in [-0.4, -0.2) is 39.2 Å². The second-order valence-electron chi connectivity index (χ2n) is 6.14. The molecule has 0 bridgehead atoms. The lowest BCUT2D eigenvalue weighted by molar-refractivity contribution is -0.138. The molecular formula is C18H17N3O6S. The van der Waals surface area contributed by atoms with Crippen LogP contribution in [-0.2, 0) is 19.2 Å². The number of benzene rings is 1. The topological polar surface area (TPSA) is 130 Å². The van der Waals surface area contributed by atoms with E-state index in [4.69, 9.17) is 9.63 Å². The van der Waals surface area contributed by atoms with E-state index < -0.39 is 17.1 Å². The first-order valence-corrected chi connectivity index (χ1v) is 9.30. The van der Waals surface area contributed by atoms with Gasteiger partial charge in [0.1, 0.15) is 5.76 Å². The largest absolute Gasteiger partial charge is 0.481 e. The second-order valence-corrected chi connectivity index (χ2v) is 7.42. The minimum Gasteiger partial charge on any atom is -0.481 e. The van der Waals surface area contributed by atoms with Gasteiger partial charge in [-0.1, -0.05) is 5.16 Å². The highest BCUT2D eigenvalue weighted by molar-refractivity contribution is 8.00. The van der Waals surface area contributed by atoms with Crippen molar-refractivity contribution in [1.29, 1.82) is 0 Å². The number of aryl methyl sites for hydroxylation is 1. The van der Waals surface area contributed by atoms with Crippen molar-refractivity contribution in [2.45, 2.75) is 36.3 Å². The molecule has 2 heterocycles. The van der Waals surface area contributed by atoms with Crippen molar-refractivity contribution in [3.63, 3.8) is 0 Å². The molecule has 3 rings (SSSR count). The molecule has 1 fully saturated rings. The maximum Gasteiger partial charge on any atom is 0.303 e. The van der Waals surface area contributed by atoms with Gasteiger partial charge >= 0.3 is 5.97 Å². The lowest BCUT2D eigenvalue weighted by Gasteiger charge is -2.11. The molecular weight excluding hydrogens is 386 g/mol. The molecule has 1 aliphatic heterocycles. The van der Waals surface area contributed by atoms with Crippen molar-refractivity contribution in [3.8, 4) is 0 Å². The van der Waals surface area contributed by atoms with Crippen molar-refractivity contribution in [3.05, 3.63) is 36.1 Å². The Labute approximate surface area is 164 Å². The van der Waals surface area contributed by atoms with E-state index >= 15 is 0 Å². The molecule has 1 aromatic carbocycles. The third-order valence-corrected chi connectivity index (χ3v) is 5.13. The molecule has 28 heavy (non-hydrogen) atoms. The number of nitrogens with one attached hydrogen (secondary N) is 1. The van der Waals surface area contributed by atoms with E-state index in [0.29, 0.717) is 11.4 Å². The summed E-state index contributed by atoms with van der Waals surface area (Å²) in [5, 5.41) is 14.4. The van der Waals surface area contributed by atoms with E-state index in [0.717, 1.165) is 9.80 Å². The minimum atomic E-state index is -1.03. The normalized spacial score (nSPS) is 16.5. The number of carbonyl (C=O) groups excluding carboxylic acids is 3. The number of carbonyl (C=O) groups is 4. The van der Waals surface area contributed by atoms with Gasteiger partial charge in [0.25, 0.3) is 0 Å². The lowest BCUT2D eigenvalue weighted by atomic mass is 10.2. The Balaban J connectivity index is 1.60. The van der Waals surface area contributed by atoms with E-state index in [1.54, 1.807) is 31.2 Å². The average molecular weight is 403 g/mol. The van der Waals surface area contributed by atoms with Crippen LogP contribution in [0.3, 0.4) is 0 Å². The molecule has 9 nitrogen and oxygen atoms in total. The van der Waals surface area contributed by atoms with Crippen LogP contribution in [0.2, 0.25) is 0 Å². The SMILES string of the molecule is Cc1cc(N2C(=O)CC(Sc3ccc(NC(=O)CCC(=O)O)cc3)C2=O)no1. The van der Waals surface area contributed by atoms with Crippen LogP contribution in [0.4, 0.5) is 11.5 Å². The maximum absolute atomic E-state index is 12.6. The predicted octanol–water partition coefficient (Wildman–Crippen LogP) is 2.21. The van der Waals surface area contributed by atoms with E-state index in [1.165, 1.54) is 17.8 Å².